The second-order valence-corrected chi connectivity index (χ2v) is 9.89. The van der Waals surface area contributed by atoms with Gasteiger partial charge >= 0.3 is 0 Å². The molecular formula is C24H23ClN2O4S. The van der Waals surface area contributed by atoms with Crippen LogP contribution >= 0.6 is 11.6 Å². The lowest BCUT2D eigenvalue weighted by Crippen LogP contribution is -2.51. The van der Waals surface area contributed by atoms with Gasteiger partial charge in [-0.05, 0) is 49.2 Å². The Morgan fingerprint density at radius 1 is 1.09 bits per heavy atom. The number of benzene rings is 3. The number of aryl methyl sites for hydroxylation is 1. The summed E-state index contributed by atoms with van der Waals surface area (Å²) in [5.74, 6) is -0.0785. The Morgan fingerprint density at radius 2 is 1.81 bits per heavy atom. The first kappa shape index (κ1) is 22.2. The van der Waals surface area contributed by atoms with E-state index in [1.165, 1.54) is 10.4 Å². The summed E-state index contributed by atoms with van der Waals surface area (Å²) < 4.78 is 33.9. The Bertz CT molecular complexity index is 1210. The van der Waals surface area contributed by atoms with Crippen molar-refractivity contribution in [3.05, 3.63) is 88.9 Å². The van der Waals surface area contributed by atoms with E-state index < -0.39 is 16.1 Å². The zero-order valence-corrected chi connectivity index (χ0v) is 19.1. The molecule has 1 aliphatic rings. The van der Waals surface area contributed by atoms with Crippen molar-refractivity contribution in [1.82, 2.24) is 5.32 Å². The van der Waals surface area contributed by atoms with Crippen molar-refractivity contribution in [2.45, 2.75) is 24.3 Å². The number of ether oxygens (including phenoxy) is 1. The van der Waals surface area contributed by atoms with E-state index in [1.807, 2.05) is 37.3 Å². The fourth-order valence-corrected chi connectivity index (χ4v) is 5.15. The van der Waals surface area contributed by atoms with Crippen molar-refractivity contribution in [1.29, 1.82) is 0 Å². The summed E-state index contributed by atoms with van der Waals surface area (Å²) in [6, 6.07) is 21.1. The van der Waals surface area contributed by atoms with E-state index in [1.54, 1.807) is 36.4 Å². The number of sulfonamides is 1. The highest BCUT2D eigenvalue weighted by Crippen LogP contribution is 2.38. The average Bonchev–Trinajstić information content (AvgIpc) is 2.79. The van der Waals surface area contributed by atoms with Crippen LogP contribution < -0.4 is 14.4 Å². The van der Waals surface area contributed by atoms with Gasteiger partial charge in [0.25, 0.3) is 15.9 Å². The van der Waals surface area contributed by atoms with Gasteiger partial charge in [0.15, 0.2) is 6.10 Å². The molecule has 0 aromatic heterocycles. The Kier molecular flexibility index (Phi) is 6.39. The van der Waals surface area contributed by atoms with Crippen molar-refractivity contribution in [3.63, 3.8) is 0 Å². The lowest BCUT2D eigenvalue weighted by Gasteiger charge is -2.35. The normalized spacial score (nSPS) is 15.6. The van der Waals surface area contributed by atoms with E-state index in [-0.39, 0.29) is 17.3 Å². The first-order valence-electron chi connectivity index (χ1n) is 10.2. The summed E-state index contributed by atoms with van der Waals surface area (Å²) in [6.07, 6.45) is -0.323. The molecule has 0 saturated carbocycles. The third-order valence-electron chi connectivity index (χ3n) is 5.25. The lowest BCUT2D eigenvalue weighted by atomic mass is 10.1. The second-order valence-electron chi connectivity index (χ2n) is 7.59. The van der Waals surface area contributed by atoms with Gasteiger partial charge in [0, 0.05) is 11.6 Å². The number of fused-ring (bicyclic) bond motifs is 1. The summed E-state index contributed by atoms with van der Waals surface area (Å²) in [6.45, 7) is 2.15. The molecule has 1 N–H and O–H groups in total. The number of hydrogen-bond donors (Lipinski definition) is 1. The van der Waals surface area contributed by atoms with Crippen molar-refractivity contribution >= 4 is 33.2 Å². The Labute approximate surface area is 192 Å². The van der Waals surface area contributed by atoms with Crippen LogP contribution in [-0.2, 0) is 21.2 Å². The molecule has 0 aliphatic carbocycles. The predicted molar refractivity (Wildman–Crippen MR) is 125 cm³/mol. The third kappa shape index (κ3) is 4.74. The van der Waals surface area contributed by atoms with Crippen LogP contribution in [0.3, 0.4) is 0 Å². The standard InChI is InChI=1S/C24H23ClN2O4S/c1-17-7-10-20(11-8-17)32(29,30)27-16-23(31-22-12-9-19(25)15-21(22)27)24(28)26-14-13-18-5-3-2-4-6-18/h2-12,15,23H,13-14,16H2,1H3,(H,26,28)/t23-/m1/s1. The summed E-state index contributed by atoms with van der Waals surface area (Å²) >= 11 is 6.13. The minimum absolute atomic E-state index is 0.138. The van der Waals surface area contributed by atoms with Crippen molar-refractivity contribution in [2.24, 2.45) is 0 Å². The molecule has 0 fully saturated rings. The molecule has 166 valence electrons. The van der Waals surface area contributed by atoms with Gasteiger partial charge in [-0.25, -0.2) is 8.42 Å². The van der Waals surface area contributed by atoms with Gasteiger partial charge in [-0.1, -0.05) is 59.6 Å². The maximum atomic E-state index is 13.4. The highest BCUT2D eigenvalue weighted by atomic mass is 35.5. The molecule has 0 bridgehead atoms. The first-order valence-corrected chi connectivity index (χ1v) is 12.0. The predicted octanol–water partition coefficient (Wildman–Crippen LogP) is 3.96. The summed E-state index contributed by atoms with van der Waals surface area (Å²) in [7, 11) is -3.92. The number of rotatable bonds is 6. The zero-order valence-electron chi connectivity index (χ0n) is 17.5. The molecule has 3 aromatic carbocycles. The Balaban J connectivity index is 1.57. The number of anilines is 1. The number of carbonyl (C=O) groups is 1. The van der Waals surface area contributed by atoms with Crippen LogP contribution in [0.25, 0.3) is 0 Å². The first-order chi connectivity index (χ1) is 15.3. The highest BCUT2D eigenvalue weighted by molar-refractivity contribution is 7.92. The van der Waals surface area contributed by atoms with Crippen LogP contribution in [0.5, 0.6) is 5.75 Å². The van der Waals surface area contributed by atoms with Gasteiger partial charge in [-0.3, -0.25) is 9.10 Å². The molecule has 0 unspecified atom stereocenters. The molecule has 1 heterocycles. The van der Waals surface area contributed by atoms with E-state index in [9.17, 15) is 13.2 Å². The minimum Gasteiger partial charge on any atom is -0.476 e. The van der Waals surface area contributed by atoms with Gasteiger partial charge < -0.3 is 10.1 Å². The number of hydrogen-bond acceptors (Lipinski definition) is 4. The maximum Gasteiger partial charge on any atom is 0.264 e. The van der Waals surface area contributed by atoms with Crippen LogP contribution in [-0.4, -0.2) is 33.5 Å². The molecule has 8 heteroatoms. The number of halogens is 1. The van der Waals surface area contributed by atoms with E-state index >= 15 is 0 Å². The summed E-state index contributed by atoms with van der Waals surface area (Å²) in [5.41, 5.74) is 2.36. The zero-order chi connectivity index (χ0) is 22.7. The van der Waals surface area contributed by atoms with E-state index in [2.05, 4.69) is 5.32 Å². The summed E-state index contributed by atoms with van der Waals surface area (Å²) in [5, 5.41) is 3.23. The largest absolute Gasteiger partial charge is 0.476 e. The molecular weight excluding hydrogens is 448 g/mol. The van der Waals surface area contributed by atoms with Crippen LogP contribution in [0.4, 0.5) is 5.69 Å². The second kappa shape index (κ2) is 9.22. The van der Waals surface area contributed by atoms with E-state index in [0.717, 1.165) is 11.1 Å². The quantitative estimate of drug-likeness (QED) is 0.591. The van der Waals surface area contributed by atoms with E-state index in [4.69, 9.17) is 16.3 Å². The molecule has 1 atom stereocenters. The van der Waals surface area contributed by atoms with Gasteiger partial charge in [0.2, 0.25) is 0 Å². The minimum atomic E-state index is -3.92. The van der Waals surface area contributed by atoms with E-state index in [0.29, 0.717) is 29.4 Å². The topological polar surface area (TPSA) is 75.7 Å². The monoisotopic (exact) mass is 470 g/mol. The molecule has 3 aromatic rings. The number of carbonyl (C=O) groups excluding carboxylic acids is 1. The maximum absolute atomic E-state index is 13.4. The number of amides is 1. The smallest absolute Gasteiger partial charge is 0.264 e. The van der Waals surface area contributed by atoms with Crippen LogP contribution in [0.15, 0.2) is 77.7 Å². The van der Waals surface area contributed by atoms with Crippen LogP contribution in [0, 0.1) is 6.92 Å². The van der Waals surface area contributed by atoms with Crippen molar-refractivity contribution in [3.8, 4) is 5.75 Å². The molecule has 0 radical (unpaired) electrons. The highest BCUT2D eigenvalue weighted by Gasteiger charge is 2.37. The fourth-order valence-electron chi connectivity index (χ4n) is 3.51. The average molecular weight is 471 g/mol. The summed E-state index contributed by atoms with van der Waals surface area (Å²) in [4.78, 5) is 13.0. The van der Waals surface area contributed by atoms with Gasteiger partial charge in [-0.2, -0.15) is 0 Å². The molecule has 1 amide bonds. The molecule has 1 aliphatic heterocycles. The molecule has 0 saturated heterocycles. The Hall–Kier alpha value is -3.03. The van der Waals surface area contributed by atoms with Gasteiger partial charge in [0.1, 0.15) is 5.75 Å². The Morgan fingerprint density at radius 3 is 2.53 bits per heavy atom. The van der Waals surface area contributed by atoms with Gasteiger partial charge in [0.05, 0.1) is 17.1 Å². The molecule has 4 rings (SSSR count). The molecule has 32 heavy (non-hydrogen) atoms. The SMILES string of the molecule is Cc1ccc(S(=O)(=O)N2C[C@H](C(=O)NCCc3ccccc3)Oc3ccc(Cl)cc32)cc1. The lowest BCUT2D eigenvalue weighted by molar-refractivity contribution is -0.127. The van der Waals surface area contributed by atoms with Crippen molar-refractivity contribution < 1.29 is 17.9 Å². The number of nitrogens with one attached hydrogen (secondary N) is 1. The number of nitrogens with zero attached hydrogens (tertiary/aromatic N) is 1. The molecule has 0 spiro atoms. The van der Waals surface area contributed by atoms with Crippen molar-refractivity contribution in [2.75, 3.05) is 17.4 Å². The van der Waals surface area contributed by atoms with Crippen LogP contribution in [0.2, 0.25) is 5.02 Å². The van der Waals surface area contributed by atoms with Gasteiger partial charge in [-0.15, -0.1) is 0 Å². The fraction of sp³-hybridized carbons (Fsp3) is 0.208. The molecule has 6 nitrogen and oxygen atoms in total. The third-order valence-corrected chi connectivity index (χ3v) is 7.28. The van der Waals surface area contributed by atoms with Crippen LogP contribution in [0.1, 0.15) is 11.1 Å².